The van der Waals surface area contributed by atoms with Gasteiger partial charge in [0.05, 0.1) is 24.9 Å². The molecule has 0 aromatic heterocycles. The molecule has 4 aromatic carbocycles. The third-order valence-electron chi connectivity index (χ3n) is 9.48. The van der Waals surface area contributed by atoms with Crippen LogP contribution >= 0.6 is 0 Å². The Morgan fingerprint density at radius 2 is 1.52 bits per heavy atom. The molecule has 0 saturated carbocycles. The van der Waals surface area contributed by atoms with E-state index in [2.05, 4.69) is 0 Å². The molecule has 1 heterocycles. The SMILES string of the molecule is CC(=O)Oc1cc(CO)c2c(c1C=Cc1ccccc1)C(=O)c1cc(OC3OC(C)C(O)C(O)(O)C3O)c(Cc3cccc(CO)c3C=O)c(O)c1C2=O. The number of phenolic OH excluding ortho intramolecular Hbond substituents is 1. The maximum Gasteiger partial charge on any atom is 0.308 e. The van der Waals surface area contributed by atoms with Crippen LogP contribution < -0.4 is 9.47 Å². The Kier molecular flexibility index (Phi) is 10.6. The van der Waals surface area contributed by atoms with E-state index < -0.39 is 83.8 Å². The van der Waals surface area contributed by atoms with Crippen molar-refractivity contribution in [3.05, 3.63) is 122 Å². The topological polar surface area (TPSA) is 238 Å². The van der Waals surface area contributed by atoms with Gasteiger partial charge in [-0.25, -0.2) is 0 Å². The van der Waals surface area contributed by atoms with Gasteiger partial charge in [0.25, 0.3) is 0 Å². The van der Waals surface area contributed by atoms with Crippen molar-refractivity contribution in [2.75, 3.05) is 0 Å². The number of ether oxygens (including phenoxy) is 3. The molecule has 0 bridgehead atoms. The lowest BCUT2D eigenvalue weighted by molar-refractivity contribution is -0.371. The summed E-state index contributed by atoms with van der Waals surface area (Å²) >= 11 is 0. The largest absolute Gasteiger partial charge is 0.507 e. The number of rotatable bonds is 10. The Labute approximate surface area is 307 Å². The Bertz CT molecular complexity index is 2190. The number of fused-ring (bicyclic) bond motifs is 2. The van der Waals surface area contributed by atoms with Gasteiger partial charge in [0.1, 0.15) is 23.4 Å². The third kappa shape index (κ3) is 6.71. The predicted octanol–water partition coefficient (Wildman–Crippen LogP) is 2.18. The molecule has 14 heteroatoms. The minimum atomic E-state index is -3.13. The van der Waals surface area contributed by atoms with Gasteiger partial charge in [-0.2, -0.15) is 0 Å². The fourth-order valence-electron chi connectivity index (χ4n) is 6.72. The molecular formula is C40H36O14. The van der Waals surface area contributed by atoms with Crippen molar-refractivity contribution in [2.24, 2.45) is 0 Å². The lowest BCUT2D eigenvalue weighted by atomic mass is 9.77. The maximum absolute atomic E-state index is 14.7. The molecule has 280 valence electrons. The van der Waals surface area contributed by atoms with Gasteiger partial charge < -0.3 is 50.0 Å². The number of hydrogen-bond donors (Lipinski definition) is 7. The summed E-state index contributed by atoms with van der Waals surface area (Å²) in [5.74, 6) is -6.97. The molecule has 4 unspecified atom stereocenters. The maximum atomic E-state index is 14.7. The van der Waals surface area contributed by atoms with Crippen LogP contribution in [0.25, 0.3) is 12.2 Å². The molecule has 1 aliphatic heterocycles. The van der Waals surface area contributed by atoms with E-state index in [0.717, 1.165) is 13.0 Å². The molecule has 4 atom stereocenters. The fraction of sp³-hybridized carbons (Fsp3) is 0.250. The van der Waals surface area contributed by atoms with E-state index in [9.17, 15) is 54.9 Å². The average molecular weight is 741 g/mol. The molecule has 0 amide bonds. The second kappa shape index (κ2) is 15.0. The number of aldehydes is 1. The molecule has 14 nitrogen and oxygen atoms in total. The van der Waals surface area contributed by atoms with Crippen LogP contribution in [-0.2, 0) is 29.2 Å². The minimum Gasteiger partial charge on any atom is -0.507 e. The van der Waals surface area contributed by atoms with Gasteiger partial charge in [-0.3, -0.25) is 19.2 Å². The Morgan fingerprint density at radius 3 is 2.17 bits per heavy atom. The van der Waals surface area contributed by atoms with Gasteiger partial charge in [-0.05, 0) is 47.4 Å². The summed E-state index contributed by atoms with van der Waals surface area (Å²) in [5, 5.41) is 74.3. The molecule has 54 heavy (non-hydrogen) atoms. The zero-order valence-corrected chi connectivity index (χ0v) is 28.9. The minimum absolute atomic E-state index is 0.00641. The highest BCUT2D eigenvalue weighted by Gasteiger charge is 2.54. The predicted molar refractivity (Wildman–Crippen MR) is 189 cm³/mol. The molecule has 0 radical (unpaired) electrons. The summed E-state index contributed by atoms with van der Waals surface area (Å²) in [6.07, 6.45) is -4.30. The van der Waals surface area contributed by atoms with Crippen LogP contribution in [0, 0.1) is 0 Å². The fourth-order valence-corrected chi connectivity index (χ4v) is 6.72. The molecule has 2 aliphatic rings. The summed E-state index contributed by atoms with van der Waals surface area (Å²) in [6.45, 7) is 1.13. The van der Waals surface area contributed by atoms with E-state index in [0.29, 0.717) is 11.8 Å². The number of hydrogen-bond acceptors (Lipinski definition) is 14. The highest BCUT2D eigenvalue weighted by atomic mass is 16.7. The molecule has 0 spiro atoms. The number of aliphatic hydroxyl groups excluding tert-OH is 4. The van der Waals surface area contributed by atoms with E-state index in [1.165, 1.54) is 37.3 Å². The van der Waals surface area contributed by atoms with Crippen molar-refractivity contribution >= 4 is 36.0 Å². The first kappa shape index (κ1) is 38.2. The summed E-state index contributed by atoms with van der Waals surface area (Å²) in [4.78, 5) is 53.5. The van der Waals surface area contributed by atoms with Gasteiger partial charge in [0.15, 0.2) is 24.0 Å². The second-order valence-electron chi connectivity index (χ2n) is 12.9. The normalized spacial score (nSPS) is 20.4. The van der Waals surface area contributed by atoms with Crippen LogP contribution in [-0.4, -0.2) is 90.0 Å². The van der Waals surface area contributed by atoms with Gasteiger partial charge in [0, 0.05) is 46.7 Å². The standard InChI is InChI=1S/C40H36O14/c1-19-37(48)40(50,51)38(49)39(52-19)54-30-15-27-33(34(45)26(30)13-22-9-6-10-23(16-41)28(22)18-43)36(47)31-24(17-42)14-29(53-20(2)44)25(32(31)35(27)46)12-11-21-7-4-3-5-8-21/h3-12,14-15,18-19,37-39,41-42,45,48-51H,13,16-17H2,1-2H3. The van der Waals surface area contributed by atoms with Gasteiger partial charge in [-0.15, -0.1) is 0 Å². The first-order valence-corrected chi connectivity index (χ1v) is 16.7. The van der Waals surface area contributed by atoms with Crippen LogP contribution in [0.2, 0.25) is 0 Å². The van der Waals surface area contributed by atoms with E-state index in [1.807, 2.05) is 0 Å². The van der Waals surface area contributed by atoms with Gasteiger partial charge >= 0.3 is 5.97 Å². The van der Waals surface area contributed by atoms with E-state index in [1.54, 1.807) is 36.4 Å². The van der Waals surface area contributed by atoms with Crippen molar-refractivity contribution in [3.8, 4) is 17.2 Å². The number of aliphatic hydroxyl groups is 6. The number of carbonyl (C=O) groups excluding carboxylic acids is 4. The summed E-state index contributed by atoms with van der Waals surface area (Å²) in [7, 11) is 0. The zero-order valence-electron chi connectivity index (χ0n) is 28.9. The lowest BCUT2D eigenvalue weighted by Crippen LogP contribution is -2.67. The zero-order chi connectivity index (χ0) is 39.1. The Morgan fingerprint density at radius 1 is 0.833 bits per heavy atom. The Balaban J connectivity index is 1.59. The van der Waals surface area contributed by atoms with Crippen LogP contribution in [0.15, 0.2) is 60.7 Å². The van der Waals surface area contributed by atoms with Crippen molar-refractivity contribution in [2.45, 2.75) is 63.9 Å². The quantitative estimate of drug-likeness (QED) is 0.0357. The van der Waals surface area contributed by atoms with Gasteiger partial charge in [-0.1, -0.05) is 54.6 Å². The summed E-state index contributed by atoms with van der Waals surface area (Å²) in [5.41, 5.74) is -0.514. The molecular weight excluding hydrogens is 704 g/mol. The van der Waals surface area contributed by atoms with Crippen molar-refractivity contribution in [3.63, 3.8) is 0 Å². The van der Waals surface area contributed by atoms with Crippen molar-refractivity contribution in [1.29, 1.82) is 0 Å². The van der Waals surface area contributed by atoms with E-state index in [-0.39, 0.29) is 56.7 Å². The molecule has 4 aromatic rings. The number of ketones is 2. The smallest absolute Gasteiger partial charge is 0.308 e. The molecule has 1 saturated heterocycles. The van der Waals surface area contributed by atoms with E-state index >= 15 is 0 Å². The second-order valence-corrected chi connectivity index (χ2v) is 12.9. The first-order chi connectivity index (χ1) is 25.7. The average Bonchev–Trinajstić information content (AvgIpc) is 3.15. The summed E-state index contributed by atoms with van der Waals surface area (Å²) in [6, 6.07) is 15.8. The number of carbonyl (C=O) groups is 4. The Hall–Kier alpha value is -5.58. The molecule has 1 aliphatic carbocycles. The van der Waals surface area contributed by atoms with Crippen molar-refractivity contribution < 1.29 is 69.1 Å². The molecule has 6 rings (SSSR count). The van der Waals surface area contributed by atoms with Gasteiger partial charge in [0.2, 0.25) is 12.1 Å². The van der Waals surface area contributed by atoms with E-state index in [4.69, 9.17) is 14.2 Å². The van der Waals surface area contributed by atoms with Crippen LogP contribution in [0.5, 0.6) is 17.2 Å². The number of benzene rings is 4. The van der Waals surface area contributed by atoms with Crippen LogP contribution in [0.3, 0.4) is 0 Å². The highest BCUT2D eigenvalue weighted by Crippen LogP contribution is 2.45. The van der Waals surface area contributed by atoms with Crippen LogP contribution in [0.1, 0.15) is 89.4 Å². The lowest BCUT2D eigenvalue weighted by Gasteiger charge is -2.44. The number of esters is 1. The third-order valence-corrected chi connectivity index (χ3v) is 9.48. The van der Waals surface area contributed by atoms with Crippen molar-refractivity contribution in [1.82, 2.24) is 0 Å². The first-order valence-electron chi connectivity index (χ1n) is 16.7. The monoisotopic (exact) mass is 740 g/mol. The molecule has 7 N–H and O–H groups in total. The number of phenols is 1. The summed E-state index contributed by atoms with van der Waals surface area (Å²) < 4.78 is 16.9. The number of aromatic hydroxyl groups is 1. The highest BCUT2D eigenvalue weighted by molar-refractivity contribution is 6.31. The molecule has 1 fully saturated rings. The van der Waals surface area contributed by atoms with Crippen LogP contribution in [0.4, 0.5) is 0 Å².